The van der Waals surface area contributed by atoms with Crippen LogP contribution in [0.25, 0.3) is 10.9 Å². The molecule has 0 bridgehead atoms. The number of nitrogens with zero attached hydrogens (tertiary/aromatic N) is 2. The third-order valence-corrected chi connectivity index (χ3v) is 7.36. The maximum Gasteiger partial charge on any atom is 0.257 e. The zero-order chi connectivity index (χ0) is 25.1. The van der Waals surface area contributed by atoms with Crippen LogP contribution in [0.2, 0.25) is 0 Å². The molecule has 2 aromatic rings. The summed E-state index contributed by atoms with van der Waals surface area (Å²) in [6.45, 7) is 11.2. The van der Waals surface area contributed by atoms with E-state index in [1.807, 2.05) is 25.3 Å². The van der Waals surface area contributed by atoms with Gasteiger partial charge in [0, 0.05) is 31.4 Å². The van der Waals surface area contributed by atoms with Crippen LogP contribution in [0, 0.1) is 5.92 Å². The lowest BCUT2D eigenvalue weighted by Crippen LogP contribution is -2.52. The van der Waals surface area contributed by atoms with E-state index in [1.165, 1.54) is 0 Å². The van der Waals surface area contributed by atoms with Crippen molar-refractivity contribution in [2.45, 2.75) is 65.6 Å². The lowest BCUT2D eigenvalue weighted by atomic mass is 9.97. The second kappa shape index (κ2) is 10.7. The van der Waals surface area contributed by atoms with Gasteiger partial charge >= 0.3 is 0 Å². The fraction of sp³-hybridized carbons (Fsp3) is 0.577. The molecule has 2 aliphatic heterocycles. The quantitative estimate of drug-likeness (QED) is 0.567. The summed E-state index contributed by atoms with van der Waals surface area (Å²) in [6.07, 6.45) is 4.46. The Morgan fingerprint density at radius 1 is 1.14 bits per heavy atom. The van der Waals surface area contributed by atoms with Crippen molar-refractivity contribution in [3.05, 3.63) is 34.1 Å². The van der Waals surface area contributed by atoms with E-state index in [0.717, 1.165) is 25.9 Å². The number of rotatable bonds is 9. The number of likely N-dealkylation sites (tertiary alicyclic amines) is 1. The smallest absolute Gasteiger partial charge is 0.257 e. The molecule has 4 rings (SSSR count). The molecule has 3 unspecified atom stereocenters. The molecule has 1 saturated heterocycles. The van der Waals surface area contributed by atoms with Crippen molar-refractivity contribution in [2.24, 2.45) is 5.92 Å². The molecule has 0 radical (unpaired) electrons. The van der Waals surface area contributed by atoms with Crippen LogP contribution in [0.4, 0.5) is 0 Å². The molecule has 3 heterocycles. The molecule has 9 nitrogen and oxygen atoms in total. The third kappa shape index (κ3) is 5.00. The predicted octanol–water partition coefficient (Wildman–Crippen LogP) is 2.50. The zero-order valence-electron chi connectivity index (χ0n) is 21.1. The maximum atomic E-state index is 13.3. The summed E-state index contributed by atoms with van der Waals surface area (Å²) in [5, 5.41) is 6.29. The monoisotopic (exact) mass is 484 g/mol. The number of hydrogen-bond acceptors (Lipinski definition) is 6. The van der Waals surface area contributed by atoms with Gasteiger partial charge in [-0.15, -0.1) is 0 Å². The van der Waals surface area contributed by atoms with E-state index in [1.54, 1.807) is 18.3 Å². The molecule has 0 spiro atoms. The second-order valence-electron chi connectivity index (χ2n) is 9.39. The molecular weight excluding hydrogens is 448 g/mol. The minimum Gasteiger partial charge on any atom is -0.454 e. The molecule has 2 amide bonds. The number of amides is 2. The number of aryl methyl sites for hydroxylation is 1. The van der Waals surface area contributed by atoms with Crippen LogP contribution in [0.5, 0.6) is 11.5 Å². The first kappa shape index (κ1) is 25.0. The SMILES string of the molecule is CCC(C)C(NC(=O)c1cn(CC)c2cc3c(cc2c1=O)OCO3)C(=O)NCC1CCCN1CC. The van der Waals surface area contributed by atoms with Crippen LogP contribution >= 0.6 is 0 Å². The van der Waals surface area contributed by atoms with E-state index in [2.05, 4.69) is 22.5 Å². The summed E-state index contributed by atoms with van der Waals surface area (Å²) in [7, 11) is 0. The van der Waals surface area contributed by atoms with Gasteiger partial charge in [0.15, 0.2) is 11.5 Å². The molecule has 9 heteroatoms. The van der Waals surface area contributed by atoms with E-state index in [4.69, 9.17) is 9.47 Å². The highest BCUT2D eigenvalue weighted by Gasteiger charge is 2.30. The number of nitrogens with one attached hydrogen (secondary N) is 2. The number of benzene rings is 1. The molecule has 35 heavy (non-hydrogen) atoms. The number of ether oxygens (including phenoxy) is 2. The fourth-order valence-corrected chi connectivity index (χ4v) is 5.00. The highest BCUT2D eigenvalue weighted by molar-refractivity contribution is 6.00. The lowest BCUT2D eigenvalue weighted by molar-refractivity contribution is -0.124. The third-order valence-electron chi connectivity index (χ3n) is 7.36. The molecule has 2 aliphatic rings. The average molecular weight is 485 g/mol. The Hall–Kier alpha value is -3.07. The number of pyridine rings is 1. The van der Waals surface area contributed by atoms with Crippen molar-refractivity contribution in [1.29, 1.82) is 0 Å². The minimum atomic E-state index is -0.731. The maximum absolute atomic E-state index is 13.3. The average Bonchev–Trinajstić information content (AvgIpc) is 3.53. The normalized spacial score (nSPS) is 19.0. The molecule has 0 saturated carbocycles. The van der Waals surface area contributed by atoms with Gasteiger partial charge in [-0.3, -0.25) is 19.3 Å². The summed E-state index contributed by atoms with van der Waals surface area (Å²) < 4.78 is 12.7. The standard InChI is InChI=1S/C26H36N4O5/c1-5-16(4)23(26(33)27-13-17-9-8-10-29(17)6-2)28-25(32)19-14-30(7-3)20-12-22-21(34-15-35-22)11-18(20)24(19)31/h11-12,14,16-17,23H,5-10,13,15H2,1-4H3,(H,27,33)(H,28,32). The molecule has 1 aromatic carbocycles. The minimum absolute atomic E-state index is 0.00673. The van der Waals surface area contributed by atoms with Crippen LogP contribution in [-0.4, -0.2) is 59.8 Å². The molecule has 1 fully saturated rings. The number of hydrogen-bond donors (Lipinski definition) is 2. The van der Waals surface area contributed by atoms with Gasteiger partial charge in [0.25, 0.3) is 5.91 Å². The van der Waals surface area contributed by atoms with Crippen LogP contribution in [-0.2, 0) is 11.3 Å². The first-order valence-electron chi connectivity index (χ1n) is 12.7. The predicted molar refractivity (Wildman–Crippen MR) is 134 cm³/mol. The van der Waals surface area contributed by atoms with Gasteiger partial charge < -0.3 is 24.7 Å². The molecule has 2 N–H and O–H groups in total. The summed E-state index contributed by atoms with van der Waals surface area (Å²) in [4.78, 5) is 42.2. The van der Waals surface area contributed by atoms with E-state index in [0.29, 0.717) is 48.0 Å². The van der Waals surface area contributed by atoms with Gasteiger partial charge in [-0.25, -0.2) is 0 Å². The molecule has 190 valence electrons. The molecule has 3 atom stereocenters. The summed E-state index contributed by atoms with van der Waals surface area (Å²) in [6, 6.07) is 2.99. The van der Waals surface area contributed by atoms with E-state index >= 15 is 0 Å². The largest absolute Gasteiger partial charge is 0.454 e. The Morgan fingerprint density at radius 2 is 1.89 bits per heavy atom. The van der Waals surface area contributed by atoms with Gasteiger partial charge in [0.2, 0.25) is 18.1 Å². The topological polar surface area (TPSA) is 102 Å². The van der Waals surface area contributed by atoms with Gasteiger partial charge in [0.05, 0.1) is 10.9 Å². The summed E-state index contributed by atoms with van der Waals surface area (Å²) >= 11 is 0. The van der Waals surface area contributed by atoms with Crippen molar-refractivity contribution in [3.8, 4) is 11.5 Å². The Bertz CT molecular complexity index is 1160. The van der Waals surface area contributed by atoms with Gasteiger partial charge in [-0.1, -0.05) is 27.2 Å². The first-order valence-corrected chi connectivity index (χ1v) is 12.7. The Morgan fingerprint density at radius 3 is 2.57 bits per heavy atom. The highest BCUT2D eigenvalue weighted by atomic mass is 16.7. The number of carbonyl (C=O) groups is 2. The number of carbonyl (C=O) groups excluding carboxylic acids is 2. The zero-order valence-corrected chi connectivity index (χ0v) is 21.1. The van der Waals surface area contributed by atoms with Crippen molar-refractivity contribution in [1.82, 2.24) is 20.1 Å². The first-order chi connectivity index (χ1) is 16.9. The molecular formula is C26H36N4O5. The molecule has 1 aromatic heterocycles. The number of likely N-dealkylation sites (N-methyl/N-ethyl adjacent to an activating group) is 1. The number of fused-ring (bicyclic) bond motifs is 2. The fourth-order valence-electron chi connectivity index (χ4n) is 5.00. The van der Waals surface area contributed by atoms with E-state index in [-0.39, 0.29) is 24.2 Å². The van der Waals surface area contributed by atoms with Crippen LogP contribution < -0.4 is 25.5 Å². The Labute approximate surface area is 205 Å². The van der Waals surface area contributed by atoms with Crippen molar-refractivity contribution in [2.75, 3.05) is 26.4 Å². The van der Waals surface area contributed by atoms with Crippen LogP contribution in [0.15, 0.2) is 23.1 Å². The van der Waals surface area contributed by atoms with Crippen molar-refractivity contribution >= 4 is 22.7 Å². The highest BCUT2D eigenvalue weighted by Crippen LogP contribution is 2.35. The van der Waals surface area contributed by atoms with Crippen molar-refractivity contribution < 1.29 is 19.1 Å². The van der Waals surface area contributed by atoms with Crippen LogP contribution in [0.1, 0.15) is 57.3 Å². The van der Waals surface area contributed by atoms with E-state index in [9.17, 15) is 14.4 Å². The Kier molecular flexibility index (Phi) is 7.64. The van der Waals surface area contributed by atoms with Gasteiger partial charge in [-0.05, 0) is 44.8 Å². The summed E-state index contributed by atoms with van der Waals surface area (Å²) in [5.41, 5.74) is 0.284. The Balaban J connectivity index is 1.57. The summed E-state index contributed by atoms with van der Waals surface area (Å²) in [5.74, 6) is 0.213. The van der Waals surface area contributed by atoms with E-state index < -0.39 is 17.4 Å². The van der Waals surface area contributed by atoms with Crippen LogP contribution in [0.3, 0.4) is 0 Å². The lowest BCUT2D eigenvalue weighted by Gasteiger charge is -2.27. The van der Waals surface area contributed by atoms with Gasteiger partial charge in [0.1, 0.15) is 11.6 Å². The van der Waals surface area contributed by atoms with Crippen molar-refractivity contribution in [3.63, 3.8) is 0 Å². The second-order valence-corrected chi connectivity index (χ2v) is 9.39. The van der Waals surface area contributed by atoms with Gasteiger partial charge in [-0.2, -0.15) is 0 Å². The molecule has 0 aliphatic carbocycles. The number of aromatic nitrogens is 1.